The van der Waals surface area contributed by atoms with Crippen LogP contribution >= 0.6 is 0 Å². The third kappa shape index (κ3) is 3.07. The molecule has 0 radical (unpaired) electrons. The minimum absolute atomic E-state index is 0.734. The molecular formula is C20H32O. The Morgan fingerprint density at radius 1 is 0.714 bits per heavy atom. The average molecular weight is 288 g/mol. The quantitative estimate of drug-likeness (QED) is 0.582. The molecule has 1 aromatic heterocycles. The van der Waals surface area contributed by atoms with E-state index in [1.54, 1.807) is 11.1 Å². The molecule has 0 atom stereocenters. The molecule has 0 saturated heterocycles. The second kappa shape index (κ2) is 7.03. The Hall–Kier alpha value is -0.720. The summed E-state index contributed by atoms with van der Waals surface area (Å²) < 4.78 is 6.62. The number of hydrogen-bond acceptors (Lipinski definition) is 1. The monoisotopic (exact) mass is 288 g/mol. The molecular weight excluding hydrogens is 256 g/mol. The van der Waals surface area contributed by atoms with Crippen LogP contribution in [-0.2, 0) is 12.8 Å². The molecule has 2 fully saturated rings. The number of furan rings is 1. The van der Waals surface area contributed by atoms with Crippen molar-refractivity contribution in [2.45, 2.75) is 103 Å². The van der Waals surface area contributed by atoms with Crippen molar-refractivity contribution in [2.75, 3.05) is 0 Å². The highest BCUT2D eigenvalue weighted by Gasteiger charge is 2.31. The van der Waals surface area contributed by atoms with E-state index in [4.69, 9.17) is 4.42 Å². The molecule has 0 aromatic carbocycles. The Bertz CT molecular complexity index is 404. The van der Waals surface area contributed by atoms with E-state index in [-0.39, 0.29) is 0 Å². The zero-order chi connectivity index (χ0) is 14.7. The molecule has 0 amide bonds. The van der Waals surface area contributed by atoms with Gasteiger partial charge in [0.25, 0.3) is 0 Å². The highest BCUT2D eigenvalue weighted by Crippen LogP contribution is 2.44. The van der Waals surface area contributed by atoms with Gasteiger partial charge in [0.15, 0.2) is 0 Å². The van der Waals surface area contributed by atoms with Gasteiger partial charge in [-0.3, -0.25) is 0 Å². The van der Waals surface area contributed by atoms with E-state index in [1.165, 1.54) is 88.6 Å². The normalized spacial score (nSPS) is 20.7. The van der Waals surface area contributed by atoms with Gasteiger partial charge < -0.3 is 4.42 Å². The lowest BCUT2D eigenvalue weighted by molar-refractivity contribution is 0.401. The van der Waals surface area contributed by atoms with Gasteiger partial charge in [-0.1, -0.05) is 52.4 Å². The van der Waals surface area contributed by atoms with E-state index in [9.17, 15) is 0 Å². The van der Waals surface area contributed by atoms with E-state index >= 15 is 0 Å². The van der Waals surface area contributed by atoms with Gasteiger partial charge in [0, 0.05) is 11.8 Å². The molecule has 0 aliphatic heterocycles. The van der Waals surface area contributed by atoms with Gasteiger partial charge in [0.1, 0.15) is 11.5 Å². The van der Waals surface area contributed by atoms with Crippen LogP contribution in [0.4, 0.5) is 0 Å². The molecule has 1 nitrogen and oxygen atoms in total. The highest BCUT2D eigenvalue weighted by atomic mass is 16.3. The van der Waals surface area contributed by atoms with Crippen molar-refractivity contribution >= 4 is 0 Å². The summed E-state index contributed by atoms with van der Waals surface area (Å²) in [5.41, 5.74) is 3.27. The summed E-state index contributed by atoms with van der Waals surface area (Å²) in [6.45, 7) is 4.63. The highest BCUT2D eigenvalue weighted by molar-refractivity contribution is 5.38. The molecule has 3 rings (SSSR count). The fourth-order valence-electron chi connectivity index (χ4n) is 4.62. The molecule has 0 bridgehead atoms. The predicted molar refractivity (Wildman–Crippen MR) is 89.1 cm³/mol. The summed E-state index contributed by atoms with van der Waals surface area (Å²) in [6, 6.07) is 0. The van der Waals surface area contributed by atoms with Gasteiger partial charge in [-0.15, -0.1) is 0 Å². The van der Waals surface area contributed by atoms with Gasteiger partial charge >= 0.3 is 0 Å². The molecule has 0 unspecified atom stereocenters. The van der Waals surface area contributed by atoms with Gasteiger partial charge in [-0.2, -0.15) is 0 Å². The number of rotatable bonds is 6. The lowest BCUT2D eigenvalue weighted by atomic mass is 9.91. The van der Waals surface area contributed by atoms with Crippen LogP contribution < -0.4 is 0 Å². The zero-order valence-electron chi connectivity index (χ0n) is 14.0. The Morgan fingerprint density at radius 2 is 1.10 bits per heavy atom. The first-order valence-electron chi connectivity index (χ1n) is 9.49. The second-order valence-corrected chi connectivity index (χ2v) is 7.25. The van der Waals surface area contributed by atoms with Crippen LogP contribution in [0.3, 0.4) is 0 Å². The van der Waals surface area contributed by atoms with E-state index in [0.717, 1.165) is 11.8 Å². The Kier molecular flexibility index (Phi) is 5.08. The van der Waals surface area contributed by atoms with Crippen LogP contribution in [0.1, 0.15) is 113 Å². The topological polar surface area (TPSA) is 13.1 Å². The van der Waals surface area contributed by atoms with Gasteiger partial charge in [-0.25, -0.2) is 0 Å². The fourth-order valence-corrected chi connectivity index (χ4v) is 4.62. The minimum Gasteiger partial charge on any atom is -0.465 e. The lowest BCUT2D eigenvalue weighted by Crippen LogP contribution is -2.00. The molecule has 118 valence electrons. The first-order chi connectivity index (χ1) is 10.3. The van der Waals surface area contributed by atoms with Crippen molar-refractivity contribution < 1.29 is 4.42 Å². The lowest BCUT2D eigenvalue weighted by Gasteiger charge is -2.09. The van der Waals surface area contributed by atoms with Crippen LogP contribution in [0.25, 0.3) is 0 Å². The second-order valence-electron chi connectivity index (χ2n) is 7.25. The molecule has 0 N–H and O–H groups in total. The summed E-state index contributed by atoms with van der Waals surface area (Å²) in [4.78, 5) is 0. The van der Waals surface area contributed by atoms with Crippen LogP contribution in [0.2, 0.25) is 0 Å². The van der Waals surface area contributed by atoms with Crippen LogP contribution in [0.15, 0.2) is 4.42 Å². The third-order valence-electron chi connectivity index (χ3n) is 5.63. The van der Waals surface area contributed by atoms with E-state index in [0.29, 0.717) is 0 Å². The van der Waals surface area contributed by atoms with Gasteiger partial charge in [0.05, 0.1) is 0 Å². The van der Waals surface area contributed by atoms with Crippen LogP contribution in [0.5, 0.6) is 0 Å². The maximum Gasteiger partial charge on any atom is 0.110 e. The SMILES string of the molecule is CCCc1c(C2CCCC2)oc(C2CCCC2)c1CCC. The maximum absolute atomic E-state index is 6.62. The Morgan fingerprint density at radius 3 is 1.43 bits per heavy atom. The van der Waals surface area contributed by atoms with Crippen molar-refractivity contribution in [2.24, 2.45) is 0 Å². The fraction of sp³-hybridized carbons (Fsp3) is 0.800. The maximum atomic E-state index is 6.62. The summed E-state index contributed by atoms with van der Waals surface area (Å²) >= 11 is 0. The molecule has 2 aliphatic carbocycles. The molecule has 1 aromatic rings. The largest absolute Gasteiger partial charge is 0.465 e. The standard InChI is InChI=1S/C20H32O/c1-3-9-17-18(10-4-2)20(16-13-7-8-14-16)21-19(17)15-11-5-6-12-15/h15-16H,3-14H2,1-2H3. The van der Waals surface area contributed by atoms with E-state index in [1.807, 2.05) is 0 Å². The summed E-state index contributed by atoms with van der Waals surface area (Å²) in [5, 5.41) is 0. The van der Waals surface area contributed by atoms with Gasteiger partial charge in [0.2, 0.25) is 0 Å². The molecule has 21 heavy (non-hydrogen) atoms. The van der Waals surface area contributed by atoms with Crippen molar-refractivity contribution in [3.05, 3.63) is 22.6 Å². The smallest absolute Gasteiger partial charge is 0.110 e. The van der Waals surface area contributed by atoms with Crippen LogP contribution in [0, 0.1) is 0 Å². The van der Waals surface area contributed by atoms with Crippen molar-refractivity contribution in [1.29, 1.82) is 0 Å². The molecule has 0 spiro atoms. The molecule has 1 heteroatoms. The van der Waals surface area contributed by atoms with Crippen LogP contribution in [-0.4, -0.2) is 0 Å². The average Bonchev–Trinajstić information content (AvgIpc) is 3.19. The van der Waals surface area contributed by atoms with E-state index in [2.05, 4.69) is 13.8 Å². The first-order valence-corrected chi connectivity index (χ1v) is 9.49. The van der Waals surface area contributed by atoms with Crippen molar-refractivity contribution in [3.8, 4) is 0 Å². The third-order valence-corrected chi connectivity index (χ3v) is 5.63. The van der Waals surface area contributed by atoms with Crippen molar-refractivity contribution in [3.63, 3.8) is 0 Å². The van der Waals surface area contributed by atoms with E-state index < -0.39 is 0 Å². The summed E-state index contributed by atoms with van der Waals surface area (Å²) in [7, 11) is 0. The Labute approximate surface area is 130 Å². The van der Waals surface area contributed by atoms with Crippen molar-refractivity contribution in [1.82, 2.24) is 0 Å². The predicted octanol–water partition coefficient (Wildman–Crippen LogP) is 6.50. The minimum atomic E-state index is 0.734. The first kappa shape index (κ1) is 15.2. The molecule has 2 saturated carbocycles. The summed E-state index contributed by atoms with van der Waals surface area (Å²) in [6.07, 6.45) is 16.0. The zero-order valence-corrected chi connectivity index (χ0v) is 14.0. The van der Waals surface area contributed by atoms with Gasteiger partial charge in [-0.05, 0) is 49.7 Å². The molecule has 2 aliphatic rings. The number of hydrogen-bond donors (Lipinski definition) is 0. The Balaban J connectivity index is 1.98. The summed E-state index contributed by atoms with van der Waals surface area (Å²) in [5.74, 6) is 4.30. The molecule has 1 heterocycles.